The predicted molar refractivity (Wildman–Crippen MR) is 58.9 cm³/mol. The zero-order valence-electron chi connectivity index (χ0n) is 8.89. The highest BCUT2D eigenvalue weighted by molar-refractivity contribution is 4.69. The first kappa shape index (κ1) is 13.4. The van der Waals surface area contributed by atoms with Crippen LogP contribution in [0.1, 0.15) is 25.7 Å². The number of nitriles is 1. The normalized spacial score (nSPS) is 10.0. The fraction of sp³-hybridized carbons (Fsp3) is 0.900. The van der Waals surface area contributed by atoms with E-state index in [0.29, 0.717) is 6.42 Å². The third-order valence-corrected chi connectivity index (χ3v) is 1.93. The highest BCUT2D eigenvalue weighted by Crippen LogP contribution is 1.82. The molecule has 14 heavy (non-hydrogen) atoms. The highest BCUT2D eigenvalue weighted by atomic mass is 14.9. The summed E-state index contributed by atoms with van der Waals surface area (Å²) in [7, 11) is 0. The Kier molecular flexibility index (Phi) is 11.8. The van der Waals surface area contributed by atoms with Gasteiger partial charge >= 0.3 is 0 Å². The van der Waals surface area contributed by atoms with Crippen molar-refractivity contribution in [1.29, 1.82) is 5.26 Å². The van der Waals surface area contributed by atoms with Gasteiger partial charge in [0.1, 0.15) is 0 Å². The van der Waals surface area contributed by atoms with E-state index >= 15 is 0 Å². The molecule has 0 spiro atoms. The molecule has 0 aromatic rings. The minimum atomic E-state index is 0.601. The zero-order valence-corrected chi connectivity index (χ0v) is 8.89. The van der Waals surface area contributed by atoms with E-state index < -0.39 is 0 Å². The third-order valence-electron chi connectivity index (χ3n) is 1.93. The standard InChI is InChI=1S/C10H22N4/c11-5-1-2-7-13-9-4-10-14-8-3-6-12/h13-14H,1-5,7-11H2. The Hall–Kier alpha value is -0.630. The lowest BCUT2D eigenvalue weighted by atomic mass is 10.3. The number of nitrogens with two attached hydrogens (primary N) is 1. The van der Waals surface area contributed by atoms with Crippen LogP contribution in [-0.2, 0) is 0 Å². The van der Waals surface area contributed by atoms with Crippen molar-refractivity contribution in [3.05, 3.63) is 0 Å². The van der Waals surface area contributed by atoms with Gasteiger partial charge in [0.05, 0.1) is 6.07 Å². The first-order valence-electron chi connectivity index (χ1n) is 5.40. The quantitative estimate of drug-likeness (QED) is 0.439. The Morgan fingerprint density at radius 1 is 0.929 bits per heavy atom. The molecule has 0 saturated heterocycles. The lowest BCUT2D eigenvalue weighted by molar-refractivity contribution is 0.579. The summed E-state index contributed by atoms with van der Waals surface area (Å²) in [6.07, 6.45) is 3.99. The van der Waals surface area contributed by atoms with E-state index in [2.05, 4.69) is 16.7 Å². The maximum atomic E-state index is 8.28. The van der Waals surface area contributed by atoms with Crippen LogP contribution < -0.4 is 16.4 Å². The van der Waals surface area contributed by atoms with Crippen LogP contribution in [0.2, 0.25) is 0 Å². The number of rotatable bonds is 10. The van der Waals surface area contributed by atoms with Crippen LogP contribution in [0.4, 0.5) is 0 Å². The molecule has 0 atom stereocenters. The Balaban J connectivity index is 2.82. The fourth-order valence-corrected chi connectivity index (χ4v) is 1.13. The Labute approximate surface area is 86.9 Å². The van der Waals surface area contributed by atoms with Crippen molar-refractivity contribution >= 4 is 0 Å². The van der Waals surface area contributed by atoms with Gasteiger partial charge in [0.2, 0.25) is 0 Å². The maximum Gasteiger partial charge on any atom is 0.0635 e. The molecule has 82 valence electrons. The summed E-state index contributed by atoms with van der Waals surface area (Å²) in [6, 6.07) is 2.10. The lowest BCUT2D eigenvalue weighted by Crippen LogP contribution is -2.23. The summed E-state index contributed by atoms with van der Waals surface area (Å²) in [4.78, 5) is 0. The molecule has 0 aromatic carbocycles. The first-order chi connectivity index (χ1) is 6.91. The molecular weight excluding hydrogens is 176 g/mol. The number of hydrogen-bond acceptors (Lipinski definition) is 4. The minimum absolute atomic E-state index is 0.601. The van der Waals surface area contributed by atoms with Gasteiger partial charge in [-0.15, -0.1) is 0 Å². The van der Waals surface area contributed by atoms with E-state index in [1.54, 1.807) is 0 Å². The molecule has 0 radical (unpaired) electrons. The van der Waals surface area contributed by atoms with Crippen LogP contribution in [0.15, 0.2) is 0 Å². The third kappa shape index (κ3) is 11.4. The van der Waals surface area contributed by atoms with Crippen molar-refractivity contribution < 1.29 is 0 Å². The molecule has 0 rings (SSSR count). The van der Waals surface area contributed by atoms with E-state index in [-0.39, 0.29) is 0 Å². The molecule has 0 amide bonds. The number of hydrogen-bond donors (Lipinski definition) is 3. The zero-order chi connectivity index (χ0) is 10.5. The van der Waals surface area contributed by atoms with Crippen molar-refractivity contribution in [1.82, 2.24) is 10.6 Å². The van der Waals surface area contributed by atoms with Gasteiger partial charge < -0.3 is 16.4 Å². The second-order valence-electron chi connectivity index (χ2n) is 3.26. The maximum absolute atomic E-state index is 8.28. The molecule has 0 aliphatic heterocycles. The molecule has 0 aliphatic rings. The van der Waals surface area contributed by atoms with E-state index in [4.69, 9.17) is 11.0 Å². The van der Waals surface area contributed by atoms with Crippen LogP contribution in [0, 0.1) is 11.3 Å². The highest BCUT2D eigenvalue weighted by Gasteiger charge is 1.89. The summed E-state index contributed by atoms with van der Waals surface area (Å²) in [6.45, 7) is 4.70. The van der Waals surface area contributed by atoms with Crippen LogP contribution in [0.5, 0.6) is 0 Å². The summed E-state index contributed by atoms with van der Waals surface area (Å²) in [5.41, 5.74) is 5.37. The number of nitrogens with one attached hydrogen (secondary N) is 2. The second kappa shape index (κ2) is 12.4. The van der Waals surface area contributed by atoms with Gasteiger partial charge in [-0.1, -0.05) is 0 Å². The summed E-state index contributed by atoms with van der Waals surface area (Å²) in [5, 5.41) is 14.8. The Morgan fingerprint density at radius 3 is 2.21 bits per heavy atom. The molecule has 4 N–H and O–H groups in total. The minimum Gasteiger partial charge on any atom is -0.330 e. The van der Waals surface area contributed by atoms with Gasteiger partial charge in [-0.2, -0.15) is 5.26 Å². The van der Waals surface area contributed by atoms with E-state index in [0.717, 1.165) is 45.6 Å². The number of nitrogens with zero attached hydrogens (tertiary/aromatic N) is 1. The molecule has 0 aromatic heterocycles. The molecule has 0 aliphatic carbocycles. The number of unbranched alkanes of at least 4 members (excludes halogenated alkanes) is 1. The van der Waals surface area contributed by atoms with Gasteiger partial charge in [0.15, 0.2) is 0 Å². The first-order valence-corrected chi connectivity index (χ1v) is 5.40. The summed E-state index contributed by atoms with van der Waals surface area (Å²) >= 11 is 0. The average Bonchev–Trinajstić information content (AvgIpc) is 2.21. The van der Waals surface area contributed by atoms with E-state index in [1.807, 2.05) is 0 Å². The molecular formula is C10H22N4. The SMILES string of the molecule is N#CCCNCCCNCCCCN. The Morgan fingerprint density at radius 2 is 1.57 bits per heavy atom. The van der Waals surface area contributed by atoms with E-state index in [9.17, 15) is 0 Å². The molecule has 4 heteroatoms. The van der Waals surface area contributed by atoms with Gasteiger partial charge in [-0.05, 0) is 45.4 Å². The predicted octanol–water partition coefficient (Wildman–Crippen LogP) is 0.208. The van der Waals surface area contributed by atoms with Gasteiger partial charge in [-0.25, -0.2) is 0 Å². The smallest absolute Gasteiger partial charge is 0.0635 e. The van der Waals surface area contributed by atoms with Gasteiger partial charge in [-0.3, -0.25) is 0 Å². The van der Waals surface area contributed by atoms with Crippen molar-refractivity contribution in [2.75, 3.05) is 32.7 Å². The van der Waals surface area contributed by atoms with Crippen molar-refractivity contribution in [3.8, 4) is 6.07 Å². The second-order valence-corrected chi connectivity index (χ2v) is 3.26. The summed E-state index contributed by atoms with van der Waals surface area (Å²) in [5.74, 6) is 0. The fourth-order valence-electron chi connectivity index (χ4n) is 1.13. The molecule has 0 heterocycles. The summed E-state index contributed by atoms with van der Waals surface area (Å²) < 4.78 is 0. The van der Waals surface area contributed by atoms with Gasteiger partial charge in [0.25, 0.3) is 0 Å². The molecule has 0 bridgehead atoms. The Bertz CT molecular complexity index is 142. The van der Waals surface area contributed by atoms with E-state index in [1.165, 1.54) is 6.42 Å². The van der Waals surface area contributed by atoms with Crippen molar-refractivity contribution in [2.24, 2.45) is 5.73 Å². The van der Waals surface area contributed by atoms with Crippen LogP contribution >= 0.6 is 0 Å². The average molecular weight is 198 g/mol. The van der Waals surface area contributed by atoms with Gasteiger partial charge in [0, 0.05) is 13.0 Å². The van der Waals surface area contributed by atoms with Crippen molar-refractivity contribution in [2.45, 2.75) is 25.7 Å². The largest absolute Gasteiger partial charge is 0.330 e. The topological polar surface area (TPSA) is 73.9 Å². The lowest BCUT2D eigenvalue weighted by Gasteiger charge is -2.04. The molecule has 0 fully saturated rings. The monoisotopic (exact) mass is 198 g/mol. The van der Waals surface area contributed by atoms with Crippen LogP contribution in [0.25, 0.3) is 0 Å². The molecule has 0 saturated carbocycles. The van der Waals surface area contributed by atoms with Crippen LogP contribution in [0.3, 0.4) is 0 Å². The van der Waals surface area contributed by atoms with Crippen molar-refractivity contribution in [3.63, 3.8) is 0 Å². The van der Waals surface area contributed by atoms with Crippen LogP contribution in [-0.4, -0.2) is 32.7 Å². The molecule has 4 nitrogen and oxygen atoms in total. The molecule has 0 unspecified atom stereocenters.